The van der Waals surface area contributed by atoms with Crippen LogP contribution in [0.4, 0.5) is 4.39 Å². The molecule has 0 saturated heterocycles. The van der Waals surface area contributed by atoms with Crippen molar-refractivity contribution in [3.05, 3.63) is 115 Å². The van der Waals surface area contributed by atoms with Crippen molar-refractivity contribution in [2.45, 2.75) is 25.2 Å². The van der Waals surface area contributed by atoms with Gasteiger partial charge in [-0.1, -0.05) is 55.1 Å². The van der Waals surface area contributed by atoms with Crippen molar-refractivity contribution < 1.29 is 13.9 Å². The van der Waals surface area contributed by atoms with Crippen LogP contribution in [0.25, 0.3) is 0 Å². The second kappa shape index (κ2) is 11.0. The summed E-state index contributed by atoms with van der Waals surface area (Å²) in [5, 5.41) is 0. The first-order valence-corrected chi connectivity index (χ1v) is 10.2. The zero-order valence-electron chi connectivity index (χ0n) is 17.1. The second-order valence-electron chi connectivity index (χ2n) is 7.08. The molecule has 0 aliphatic heterocycles. The van der Waals surface area contributed by atoms with Crippen LogP contribution in [-0.2, 0) is 6.42 Å². The highest BCUT2D eigenvalue weighted by molar-refractivity contribution is 5.35. The van der Waals surface area contributed by atoms with Crippen molar-refractivity contribution in [1.82, 2.24) is 0 Å². The Hall–Kier alpha value is -3.33. The Kier molecular flexibility index (Phi) is 7.85. The van der Waals surface area contributed by atoms with Crippen molar-refractivity contribution in [2.24, 2.45) is 0 Å². The first-order valence-electron chi connectivity index (χ1n) is 10.2. The fourth-order valence-electron chi connectivity index (χ4n) is 3.31. The van der Waals surface area contributed by atoms with E-state index in [4.69, 9.17) is 9.47 Å². The monoisotopic (exact) mass is 402 g/mol. The predicted octanol–water partition coefficient (Wildman–Crippen LogP) is 7.48. The third-order valence-corrected chi connectivity index (χ3v) is 4.91. The molecular weight excluding hydrogens is 375 g/mol. The number of para-hydroxylation sites is 1. The molecule has 0 aromatic heterocycles. The van der Waals surface area contributed by atoms with E-state index >= 15 is 0 Å². The highest BCUT2D eigenvalue weighted by Gasteiger charge is 2.10. The molecule has 3 heteroatoms. The molecule has 30 heavy (non-hydrogen) atoms. The van der Waals surface area contributed by atoms with E-state index in [0.717, 1.165) is 30.6 Å². The molecule has 1 unspecified atom stereocenters. The van der Waals surface area contributed by atoms with Gasteiger partial charge in [0.15, 0.2) is 11.6 Å². The van der Waals surface area contributed by atoms with Crippen LogP contribution in [0.2, 0.25) is 0 Å². The van der Waals surface area contributed by atoms with Crippen LogP contribution in [0, 0.1) is 5.82 Å². The summed E-state index contributed by atoms with van der Waals surface area (Å²) >= 11 is 0. The summed E-state index contributed by atoms with van der Waals surface area (Å²) in [6.45, 7) is 8.15. The number of allylic oxidation sites excluding steroid dienone is 1. The Labute approximate surface area is 178 Å². The van der Waals surface area contributed by atoms with Crippen molar-refractivity contribution in [2.75, 3.05) is 6.61 Å². The van der Waals surface area contributed by atoms with Crippen molar-refractivity contribution in [1.29, 1.82) is 0 Å². The van der Waals surface area contributed by atoms with Gasteiger partial charge in [0.05, 0.1) is 0 Å². The Morgan fingerprint density at radius 3 is 2.37 bits per heavy atom. The average Bonchev–Trinajstić information content (AvgIpc) is 2.78. The van der Waals surface area contributed by atoms with Gasteiger partial charge >= 0.3 is 0 Å². The molecule has 3 rings (SSSR count). The molecule has 0 aliphatic carbocycles. The first-order chi connectivity index (χ1) is 14.7. The smallest absolute Gasteiger partial charge is 0.165 e. The van der Waals surface area contributed by atoms with Gasteiger partial charge in [-0.05, 0) is 66.8 Å². The number of hydrogen-bond donors (Lipinski definition) is 0. The van der Waals surface area contributed by atoms with Gasteiger partial charge in [-0.3, -0.25) is 0 Å². The van der Waals surface area contributed by atoms with Gasteiger partial charge < -0.3 is 9.47 Å². The molecule has 0 amide bonds. The van der Waals surface area contributed by atoms with E-state index in [1.54, 1.807) is 12.1 Å². The standard InChI is InChI=1S/C27H27FO2/c1-3-19-29-24-16-14-23(15-17-24)22(4-2)10-8-9-21-13-18-26(28)27(20-21)30-25-11-6-5-7-12-25/h3-7,11-18,20,22H,1-2,8-10,19H2. The first kappa shape index (κ1) is 21.4. The molecule has 0 fully saturated rings. The Bertz CT molecular complexity index is 948. The minimum Gasteiger partial charge on any atom is -0.490 e. The predicted molar refractivity (Wildman–Crippen MR) is 121 cm³/mol. The van der Waals surface area contributed by atoms with Crippen molar-refractivity contribution in [3.8, 4) is 17.2 Å². The number of rotatable bonds is 11. The van der Waals surface area contributed by atoms with Crippen LogP contribution < -0.4 is 9.47 Å². The summed E-state index contributed by atoms with van der Waals surface area (Å²) in [5.41, 5.74) is 2.27. The molecular formula is C27H27FO2. The van der Waals surface area contributed by atoms with E-state index in [-0.39, 0.29) is 17.5 Å². The molecule has 0 bridgehead atoms. The Balaban J connectivity index is 1.57. The van der Waals surface area contributed by atoms with E-state index in [1.165, 1.54) is 11.6 Å². The van der Waals surface area contributed by atoms with Gasteiger partial charge in [0, 0.05) is 5.92 Å². The van der Waals surface area contributed by atoms with Gasteiger partial charge in [0.2, 0.25) is 0 Å². The van der Waals surface area contributed by atoms with Crippen molar-refractivity contribution >= 4 is 0 Å². The fourth-order valence-corrected chi connectivity index (χ4v) is 3.31. The largest absolute Gasteiger partial charge is 0.490 e. The van der Waals surface area contributed by atoms with Crippen LogP contribution in [0.5, 0.6) is 17.2 Å². The van der Waals surface area contributed by atoms with Crippen LogP contribution in [0.1, 0.15) is 29.9 Å². The molecule has 1 atom stereocenters. The maximum Gasteiger partial charge on any atom is 0.165 e. The molecule has 0 N–H and O–H groups in total. The number of hydrogen-bond acceptors (Lipinski definition) is 2. The quantitative estimate of drug-likeness (QED) is 0.310. The summed E-state index contributed by atoms with van der Waals surface area (Å²) in [7, 11) is 0. The molecule has 2 nitrogen and oxygen atoms in total. The third-order valence-electron chi connectivity index (χ3n) is 4.91. The van der Waals surface area contributed by atoms with Gasteiger partial charge in [-0.2, -0.15) is 0 Å². The van der Waals surface area contributed by atoms with Crippen molar-refractivity contribution in [3.63, 3.8) is 0 Å². The minimum atomic E-state index is -0.356. The molecule has 3 aromatic rings. The van der Waals surface area contributed by atoms with E-state index in [1.807, 2.05) is 54.6 Å². The maximum absolute atomic E-state index is 14.1. The molecule has 3 aromatic carbocycles. The van der Waals surface area contributed by atoms with E-state index in [9.17, 15) is 4.39 Å². The van der Waals surface area contributed by atoms with E-state index in [0.29, 0.717) is 12.4 Å². The van der Waals surface area contributed by atoms with Gasteiger partial charge in [0.1, 0.15) is 18.1 Å². The fraction of sp³-hybridized carbons (Fsp3) is 0.185. The molecule has 154 valence electrons. The molecule has 0 saturated carbocycles. The van der Waals surface area contributed by atoms with Crippen LogP contribution in [-0.4, -0.2) is 6.61 Å². The lowest BCUT2D eigenvalue weighted by atomic mass is 9.92. The van der Waals surface area contributed by atoms with E-state index in [2.05, 4.69) is 25.3 Å². The lowest BCUT2D eigenvalue weighted by Gasteiger charge is -2.14. The summed E-state index contributed by atoms with van der Waals surface area (Å²) < 4.78 is 25.4. The van der Waals surface area contributed by atoms with Crippen LogP contribution in [0.15, 0.2) is 98.1 Å². The Morgan fingerprint density at radius 1 is 0.900 bits per heavy atom. The summed E-state index contributed by atoms with van der Waals surface area (Å²) in [6, 6.07) is 22.4. The molecule has 0 spiro atoms. The number of benzene rings is 3. The zero-order valence-corrected chi connectivity index (χ0v) is 17.1. The normalized spacial score (nSPS) is 11.5. The maximum atomic E-state index is 14.1. The molecule has 0 aliphatic rings. The number of halogens is 1. The number of ether oxygens (including phenoxy) is 2. The number of aryl methyl sites for hydroxylation is 1. The molecule has 0 heterocycles. The zero-order chi connectivity index (χ0) is 21.2. The van der Waals surface area contributed by atoms with Gasteiger partial charge in [0.25, 0.3) is 0 Å². The summed E-state index contributed by atoms with van der Waals surface area (Å²) in [5.74, 6) is 1.62. The lowest BCUT2D eigenvalue weighted by Crippen LogP contribution is -1.98. The van der Waals surface area contributed by atoms with E-state index < -0.39 is 0 Å². The minimum absolute atomic E-state index is 0.258. The highest BCUT2D eigenvalue weighted by Crippen LogP contribution is 2.28. The van der Waals surface area contributed by atoms with Gasteiger partial charge in [-0.15, -0.1) is 6.58 Å². The topological polar surface area (TPSA) is 18.5 Å². The summed E-state index contributed by atoms with van der Waals surface area (Å²) in [4.78, 5) is 0. The summed E-state index contributed by atoms with van der Waals surface area (Å²) in [6.07, 6.45) is 6.47. The average molecular weight is 403 g/mol. The second-order valence-corrected chi connectivity index (χ2v) is 7.08. The lowest BCUT2D eigenvalue weighted by molar-refractivity contribution is 0.363. The van der Waals surface area contributed by atoms with Crippen LogP contribution in [0.3, 0.4) is 0 Å². The van der Waals surface area contributed by atoms with Crippen LogP contribution >= 0.6 is 0 Å². The third kappa shape index (κ3) is 6.08. The Morgan fingerprint density at radius 2 is 1.67 bits per heavy atom. The SMILES string of the molecule is C=CCOc1ccc(C(C=C)CCCc2ccc(F)c(Oc3ccccc3)c2)cc1. The molecule has 0 radical (unpaired) electrons. The highest BCUT2D eigenvalue weighted by atomic mass is 19.1. The van der Waals surface area contributed by atoms with Gasteiger partial charge in [-0.25, -0.2) is 4.39 Å².